The van der Waals surface area contributed by atoms with Crippen molar-refractivity contribution in [1.82, 2.24) is 14.8 Å². The molecule has 2 aliphatic heterocycles. The Kier molecular flexibility index (Phi) is 9.72. The first-order valence-corrected chi connectivity index (χ1v) is 17.1. The summed E-state index contributed by atoms with van der Waals surface area (Å²) in [7, 11) is 4.69. The number of anilines is 1. The number of benzene rings is 1. The van der Waals surface area contributed by atoms with Crippen LogP contribution in [0.5, 0.6) is 17.2 Å². The first-order valence-electron chi connectivity index (χ1n) is 17.1. The molecule has 3 heterocycles. The lowest BCUT2D eigenvalue weighted by molar-refractivity contribution is -0.135. The summed E-state index contributed by atoms with van der Waals surface area (Å²) in [6, 6.07) is 11.4. The molecule has 2 aromatic carbocycles. The average molecular weight is 671 g/mol. The van der Waals surface area contributed by atoms with Crippen LogP contribution in [0.1, 0.15) is 68.8 Å². The van der Waals surface area contributed by atoms with E-state index in [0.717, 1.165) is 35.2 Å². The minimum Gasteiger partial charge on any atom is -0.493 e. The predicted molar refractivity (Wildman–Crippen MR) is 188 cm³/mol. The Bertz CT molecular complexity index is 1890. The Morgan fingerprint density at radius 2 is 1.76 bits per heavy atom. The van der Waals surface area contributed by atoms with Crippen molar-refractivity contribution in [1.29, 1.82) is 0 Å². The van der Waals surface area contributed by atoms with Crippen LogP contribution in [-0.4, -0.2) is 61.7 Å². The van der Waals surface area contributed by atoms with Crippen molar-refractivity contribution in [2.24, 2.45) is 11.8 Å². The average Bonchev–Trinajstić information content (AvgIpc) is 3.33. The van der Waals surface area contributed by atoms with E-state index in [0.29, 0.717) is 61.0 Å². The Labute approximate surface area is 286 Å². The normalized spacial score (nSPS) is 20.4. The number of nitrogens with one attached hydrogen (secondary N) is 2. The van der Waals surface area contributed by atoms with Gasteiger partial charge in [0.05, 0.1) is 33.1 Å². The van der Waals surface area contributed by atoms with E-state index in [1.165, 1.54) is 6.92 Å². The molecule has 1 saturated heterocycles. The van der Waals surface area contributed by atoms with Gasteiger partial charge in [0.15, 0.2) is 11.5 Å². The van der Waals surface area contributed by atoms with E-state index in [1.807, 2.05) is 41.5 Å². The number of hydrogen-bond donors (Lipinski definition) is 2. The number of pyridine rings is 1. The van der Waals surface area contributed by atoms with Gasteiger partial charge >= 0.3 is 0 Å². The molecule has 1 aliphatic carbocycles. The van der Waals surface area contributed by atoms with Gasteiger partial charge in [-0.1, -0.05) is 32.4 Å². The van der Waals surface area contributed by atoms with E-state index in [1.54, 1.807) is 45.6 Å². The molecule has 0 radical (unpaired) electrons. The SMILES string of the molecule is CC[C@@H](C)[C@@H](Nc1ccc2c(cc1=O)[C@@H](NC(C)=O)CCc1cc(OC)c(OC)c(OC)c1-2)C(=O)N1CC2CC(C1)c1cccc(=O)n1C2. The van der Waals surface area contributed by atoms with E-state index in [-0.39, 0.29) is 40.6 Å². The third-order valence-electron chi connectivity index (χ3n) is 10.5. The lowest BCUT2D eigenvalue weighted by Gasteiger charge is -2.44. The molecular weight excluding hydrogens is 624 g/mol. The van der Waals surface area contributed by atoms with Crippen LogP contribution in [0.3, 0.4) is 0 Å². The lowest BCUT2D eigenvalue weighted by Crippen LogP contribution is -2.54. The summed E-state index contributed by atoms with van der Waals surface area (Å²) in [5.41, 5.74) is 4.06. The number of piperidine rings is 1. The van der Waals surface area contributed by atoms with E-state index < -0.39 is 12.1 Å². The fourth-order valence-electron chi connectivity index (χ4n) is 7.95. The minimum absolute atomic E-state index is 0.00279. The zero-order chi connectivity index (χ0) is 35.0. The van der Waals surface area contributed by atoms with E-state index in [2.05, 4.69) is 10.6 Å². The first-order chi connectivity index (χ1) is 23.6. The molecule has 2 N–H and O–H groups in total. The van der Waals surface area contributed by atoms with Gasteiger partial charge in [-0.15, -0.1) is 0 Å². The molecule has 2 unspecified atom stereocenters. The number of methoxy groups -OCH3 is 3. The maximum Gasteiger partial charge on any atom is 0.250 e. The highest BCUT2D eigenvalue weighted by Gasteiger charge is 2.39. The number of hydrogen-bond acceptors (Lipinski definition) is 8. The topological polar surface area (TPSA) is 128 Å². The molecule has 2 bridgehead atoms. The summed E-state index contributed by atoms with van der Waals surface area (Å²) in [6.07, 6.45) is 2.81. The highest BCUT2D eigenvalue weighted by molar-refractivity contribution is 5.86. The number of nitrogens with zero attached hydrogens (tertiary/aromatic N) is 2. The number of aryl methyl sites for hydroxylation is 1. The number of carbonyl (C=O) groups is 2. The van der Waals surface area contributed by atoms with Gasteiger partial charge < -0.3 is 34.3 Å². The molecule has 6 rings (SSSR count). The second-order valence-corrected chi connectivity index (χ2v) is 13.5. The number of rotatable bonds is 9. The van der Waals surface area contributed by atoms with Crippen LogP contribution in [0.4, 0.5) is 5.69 Å². The maximum absolute atomic E-state index is 14.4. The van der Waals surface area contributed by atoms with Crippen molar-refractivity contribution in [2.45, 2.75) is 71.0 Å². The summed E-state index contributed by atoms with van der Waals surface area (Å²) < 4.78 is 19.1. The quantitative estimate of drug-likeness (QED) is 0.341. The van der Waals surface area contributed by atoms with Crippen LogP contribution in [0, 0.1) is 11.8 Å². The van der Waals surface area contributed by atoms with Crippen molar-refractivity contribution in [3.05, 3.63) is 79.9 Å². The molecule has 260 valence electrons. The zero-order valence-corrected chi connectivity index (χ0v) is 29.1. The highest BCUT2D eigenvalue weighted by atomic mass is 16.5. The maximum atomic E-state index is 14.4. The van der Waals surface area contributed by atoms with Crippen LogP contribution < -0.4 is 35.8 Å². The van der Waals surface area contributed by atoms with Crippen molar-refractivity contribution < 1.29 is 23.8 Å². The number of ether oxygens (including phenoxy) is 3. The van der Waals surface area contributed by atoms with E-state index >= 15 is 0 Å². The van der Waals surface area contributed by atoms with Crippen molar-refractivity contribution in [3.8, 4) is 28.4 Å². The molecule has 3 aromatic rings. The molecule has 1 fully saturated rings. The standard InChI is InChI=1S/C38H46N4O7/c1-7-21(2)35(38(46)41-18-23-15-25(20-41)30-9-8-10-33(45)42(30)19-23)40-29-14-12-26-27(17-31(29)44)28(39-22(3)43)13-11-24-16-32(47-4)36(48-5)37(49-6)34(24)26/h8-10,12,14,16-17,21,23,25,28,35H,7,11,13,15,18-20H2,1-6H3,(H,39,43)(H,40,44)/t21-,23?,25?,28+,35-/m1/s1. The fourth-order valence-corrected chi connectivity index (χ4v) is 7.95. The van der Waals surface area contributed by atoms with Gasteiger partial charge in [0.2, 0.25) is 23.0 Å². The number of amides is 2. The zero-order valence-electron chi connectivity index (χ0n) is 29.1. The number of aromatic nitrogens is 1. The Morgan fingerprint density at radius 3 is 2.45 bits per heavy atom. The Balaban J connectivity index is 1.40. The predicted octanol–water partition coefficient (Wildman–Crippen LogP) is 4.50. The van der Waals surface area contributed by atoms with Crippen molar-refractivity contribution in [3.63, 3.8) is 0 Å². The first kappa shape index (κ1) is 34.1. The molecule has 49 heavy (non-hydrogen) atoms. The summed E-state index contributed by atoms with van der Waals surface area (Å²) in [6.45, 7) is 7.20. The molecule has 11 heteroatoms. The lowest BCUT2D eigenvalue weighted by atomic mass is 9.82. The Morgan fingerprint density at radius 1 is 0.980 bits per heavy atom. The van der Waals surface area contributed by atoms with Gasteiger partial charge in [0.25, 0.3) is 5.56 Å². The van der Waals surface area contributed by atoms with Crippen LogP contribution >= 0.6 is 0 Å². The number of likely N-dealkylation sites (tertiary alicyclic amines) is 1. The van der Waals surface area contributed by atoms with Crippen molar-refractivity contribution >= 4 is 17.5 Å². The minimum atomic E-state index is -0.644. The molecule has 11 nitrogen and oxygen atoms in total. The van der Waals surface area contributed by atoms with Gasteiger partial charge in [-0.3, -0.25) is 19.2 Å². The molecule has 1 aromatic heterocycles. The van der Waals surface area contributed by atoms with Crippen LogP contribution in [0.15, 0.2) is 52.1 Å². The molecule has 0 saturated carbocycles. The molecule has 3 aliphatic rings. The molecule has 2 amide bonds. The van der Waals surface area contributed by atoms with Crippen molar-refractivity contribution in [2.75, 3.05) is 39.7 Å². The summed E-state index contributed by atoms with van der Waals surface area (Å²) in [4.78, 5) is 55.3. The van der Waals surface area contributed by atoms with E-state index in [9.17, 15) is 19.2 Å². The second kappa shape index (κ2) is 14.0. The third-order valence-corrected chi connectivity index (χ3v) is 10.5. The Hall–Kier alpha value is -4.80. The second-order valence-electron chi connectivity index (χ2n) is 13.5. The molecular formula is C38H46N4O7. The summed E-state index contributed by atoms with van der Waals surface area (Å²) in [5, 5.41) is 6.42. The van der Waals surface area contributed by atoms with Gasteiger partial charge in [-0.05, 0) is 72.1 Å². The molecule has 5 atom stereocenters. The summed E-state index contributed by atoms with van der Waals surface area (Å²) >= 11 is 0. The van der Waals surface area contributed by atoms with Crippen LogP contribution in [0.2, 0.25) is 0 Å². The van der Waals surface area contributed by atoms with Crippen LogP contribution in [0.25, 0.3) is 11.1 Å². The van der Waals surface area contributed by atoms with Gasteiger partial charge in [0, 0.05) is 49.8 Å². The fraction of sp³-hybridized carbons (Fsp3) is 0.474. The summed E-state index contributed by atoms with van der Waals surface area (Å²) in [5.74, 6) is 1.37. The van der Waals surface area contributed by atoms with Gasteiger partial charge in [-0.2, -0.15) is 0 Å². The third kappa shape index (κ3) is 6.38. The monoisotopic (exact) mass is 670 g/mol. The largest absolute Gasteiger partial charge is 0.493 e. The van der Waals surface area contributed by atoms with E-state index in [4.69, 9.17) is 14.2 Å². The number of fused-ring (bicyclic) bond motifs is 7. The van der Waals surface area contributed by atoms with Gasteiger partial charge in [-0.25, -0.2) is 0 Å². The molecule has 0 spiro atoms. The number of carbonyl (C=O) groups excluding carboxylic acids is 2. The van der Waals surface area contributed by atoms with Crippen LogP contribution in [-0.2, 0) is 22.6 Å². The smallest absolute Gasteiger partial charge is 0.250 e. The van der Waals surface area contributed by atoms with Gasteiger partial charge in [0.1, 0.15) is 6.04 Å². The highest BCUT2D eigenvalue weighted by Crippen LogP contribution is 2.50.